The summed E-state index contributed by atoms with van der Waals surface area (Å²) in [5, 5.41) is 1.97. The second kappa shape index (κ2) is 6.48. The van der Waals surface area contributed by atoms with Crippen LogP contribution in [-0.2, 0) is 7.05 Å². The first-order valence-electron chi connectivity index (χ1n) is 7.09. The van der Waals surface area contributed by atoms with Gasteiger partial charge in [-0.25, -0.2) is 0 Å². The van der Waals surface area contributed by atoms with Crippen molar-refractivity contribution in [2.45, 2.75) is 6.92 Å². The molecule has 0 bridgehead atoms. The minimum atomic E-state index is -0.0809. The van der Waals surface area contributed by atoms with Crippen LogP contribution in [0.2, 0.25) is 0 Å². The zero-order chi connectivity index (χ0) is 16.4. The normalized spacial score (nSPS) is 12.8. The number of carbonyl (C=O) groups excluding carboxylic acids is 1. The average molecular weight is 341 g/mol. The lowest BCUT2D eigenvalue weighted by Gasteiger charge is -1.99. The summed E-state index contributed by atoms with van der Waals surface area (Å²) in [5.74, 6) is -0.0809. The maximum atomic E-state index is 12.5. The predicted molar refractivity (Wildman–Crippen MR) is 96.7 cm³/mol. The molecule has 3 nitrogen and oxygen atoms in total. The largest absolute Gasteiger partial charge is 0.302 e. The molecule has 0 aliphatic heterocycles. The minimum Gasteiger partial charge on any atom is -0.302 e. The summed E-state index contributed by atoms with van der Waals surface area (Å²) in [4.78, 5) is 25.8. The Morgan fingerprint density at radius 3 is 2.65 bits per heavy atom. The second-order valence-electron chi connectivity index (χ2n) is 5.15. The van der Waals surface area contributed by atoms with Crippen LogP contribution >= 0.6 is 22.7 Å². The fourth-order valence-corrected chi connectivity index (χ4v) is 4.00. The number of carbonyl (C=O) groups is 1. The van der Waals surface area contributed by atoms with Crippen LogP contribution in [0.25, 0.3) is 12.2 Å². The first kappa shape index (κ1) is 15.6. The van der Waals surface area contributed by atoms with Crippen molar-refractivity contribution in [3.8, 4) is 0 Å². The Balaban J connectivity index is 2.10. The third-order valence-electron chi connectivity index (χ3n) is 3.54. The molecule has 0 aliphatic carbocycles. The Bertz CT molecular complexity index is 1020. The summed E-state index contributed by atoms with van der Waals surface area (Å²) in [6.07, 6.45) is 3.41. The van der Waals surface area contributed by atoms with Gasteiger partial charge in [-0.3, -0.25) is 9.59 Å². The van der Waals surface area contributed by atoms with Crippen LogP contribution in [0, 0.1) is 6.92 Å². The van der Waals surface area contributed by atoms with E-state index in [1.807, 2.05) is 48.7 Å². The van der Waals surface area contributed by atoms with Crippen molar-refractivity contribution in [2.24, 2.45) is 7.05 Å². The van der Waals surface area contributed by atoms with Crippen LogP contribution in [-0.4, -0.2) is 10.4 Å². The van der Waals surface area contributed by atoms with Crippen molar-refractivity contribution >= 4 is 40.6 Å². The number of ketones is 1. The Labute approximate surface area is 141 Å². The number of aromatic nitrogens is 1. The number of thiazole rings is 1. The van der Waals surface area contributed by atoms with E-state index in [4.69, 9.17) is 0 Å². The third-order valence-corrected chi connectivity index (χ3v) is 5.47. The van der Waals surface area contributed by atoms with Crippen LogP contribution < -0.4 is 14.8 Å². The highest BCUT2D eigenvalue weighted by Gasteiger charge is 2.07. The number of hydrogen-bond acceptors (Lipinski definition) is 4. The Morgan fingerprint density at radius 1 is 1.17 bits per heavy atom. The van der Waals surface area contributed by atoms with E-state index in [0.29, 0.717) is 14.8 Å². The molecular formula is C18H15NO2S2. The summed E-state index contributed by atoms with van der Waals surface area (Å²) < 4.78 is 2.82. The maximum Gasteiger partial charge on any atom is 0.268 e. The fraction of sp³-hybridized carbons (Fsp3) is 0.111. The van der Waals surface area contributed by atoms with Gasteiger partial charge in [-0.15, -0.1) is 22.7 Å². The monoisotopic (exact) mass is 341 g/mol. The molecule has 23 heavy (non-hydrogen) atoms. The molecule has 0 N–H and O–H groups in total. The van der Waals surface area contributed by atoms with Crippen molar-refractivity contribution in [3.63, 3.8) is 0 Å². The van der Waals surface area contributed by atoms with E-state index in [1.165, 1.54) is 15.9 Å². The molecule has 0 aliphatic rings. The van der Waals surface area contributed by atoms with E-state index in [0.717, 1.165) is 10.4 Å². The maximum absolute atomic E-state index is 12.5. The third kappa shape index (κ3) is 3.25. The molecule has 0 fully saturated rings. The molecule has 3 aromatic rings. The molecular weight excluding hydrogens is 326 g/mol. The molecule has 116 valence electrons. The smallest absolute Gasteiger partial charge is 0.268 e. The molecule has 3 rings (SSSR count). The quantitative estimate of drug-likeness (QED) is 0.686. The predicted octanol–water partition coefficient (Wildman–Crippen LogP) is 2.31. The molecule has 1 aromatic carbocycles. The van der Waals surface area contributed by atoms with Gasteiger partial charge in [0.25, 0.3) is 5.56 Å². The highest BCUT2D eigenvalue weighted by Crippen LogP contribution is 2.09. The zero-order valence-corrected chi connectivity index (χ0v) is 14.4. The minimum absolute atomic E-state index is 0.0766. The molecule has 0 spiro atoms. The Morgan fingerprint density at radius 2 is 1.96 bits per heavy atom. The van der Waals surface area contributed by atoms with Crippen LogP contribution in [0.5, 0.6) is 0 Å². The second-order valence-corrected chi connectivity index (χ2v) is 7.19. The lowest BCUT2D eigenvalue weighted by Crippen LogP contribution is -2.29. The van der Waals surface area contributed by atoms with Crippen LogP contribution in [0.15, 0.2) is 46.6 Å². The number of nitrogens with zero attached hydrogens (tertiary/aromatic N) is 1. The Hall–Kier alpha value is -2.24. The lowest BCUT2D eigenvalue weighted by molar-refractivity contribution is 0.106. The fourth-order valence-electron chi connectivity index (χ4n) is 2.25. The molecule has 0 saturated carbocycles. The van der Waals surface area contributed by atoms with E-state index in [-0.39, 0.29) is 11.3 Å². The van der Waals surface area contributed by atoms with Crippen molar-refractivity contribution in [3.05, 3.63) is 77.3 Å². The molecule has 5 heteroatoms. The van der Waals surface area contributed by atoms with E-state index < -0.39 is 0 Å². The van der Waals surface area contributed by atoms with Crippen molar-refractivity contribution in [2.75, 3.05) is 0 Å². The number of benzene rings is 1. The molecule has 2 heterocycles. The molecule has 0 atom stereocenters. The van der Waals surface area contributed by atoms with Gasteiger partial charge >= 0.3 is 0 Å². The number of rotatable bonds is 3. The average Bonchev–Trinajstić information content (AvgIpc) is 3.13. The van der Waals surface area contributed by atoms with Gasteiger partial charge in [0, 0.05) is 23.6 Å². The SMILES string of the molecule is Cc1ccccc1C(=O)C=c1sc(=Cc2cccs2)c(=O)n1C. The van der Waals surface area contributed by atoms with Gasteiger partial charge in [0.1, 0.15) is 4.66 Å². The highest BCUT2D eigenvalue weighted by molar-refractivity contribution is 7.11. The van der Waals surface area contributed by atoms with E-state index >= 15 is 0 Å². The molecule has 0 saturated heterocycles. The van der Waals surface area contributed by atoms with Crippen molar-refractivity contribution in [1.29, 1.82) is 0 Å². The standard InChI is InChI=1S/C18H15NO2S2/c1-12-6-3-4-8-14(12)15(20)11-17-19(2)18(21)16(23-17)10-13-7-5-9-22-13/h3-11H,1-2H3. The van der Waals surface area contributed by atoms with Gasteiger partial charge in [0.05, 0.1) is 4.53 Å². The van der Waals surface area contributed by atoms with Crippen molar-refractivity contribution in [1.82, 2.24) is 4.57 Å². The molecule has 2 aromatic heterocycles. The first-order valence-corrected chi connectivity index (χ1v) is 8.78. The van der Waals surface area contributed by atoms with Gasteiger partial charge in [0.2, 0.25) is 0 Å². The first-order chi connectivity index (χ1) is 11.1. The van der Waals surface area contributed by atoms with Crippen molar-refractivity contribution < 1.29 is 4.79 Å². The topological polar surface area (TPSA) is 39.1 Å². The molecule has 0 amide bonds. The molecule has 0 radical (unpaired) electrons. The number of hydrogen-bond donors (Lipinski definition) is 0. The highest BCUT2D eigenvalue weighted by atomic mass is 32.1. The van der Waals surface area contributed by atoms with Crippen LogP contribution in [0.4, 0.5) is 0 Å². The molecule has 0 unspecified atom stereocenters. The van der Waals surface area contributed by atoms with Crippen LogP contribution in [0.1, 0.15) is 20.8 Å². The van der Waals surface area contributed by atoms with Crippen LogP contribution in [0.3, 0.4) is 0 Å². The van der Waals surface area contributed by atoms with Gasteiger partial charge < -0.3 is 4.57 Å². The van der Waals surface area contributed by atoms with Gasteiger partial charge in [0.15, 0.2) is 5.78 Å². The van der Waals surface area contributed by atoms with E-state index in [1.54, 1.807) is 30.5 Å². The van der Waals surface area contributed by atoms with Gasteiger partial charge in [-0.05, 0) is 30.0 Å². The summed E-state index contributed by atoms with van der Waals surface area (Å²) in [7, 11) is 1.70. The summed E-state index contributed by atoms with van der Waals surface area (Å²) in [5.41, 5.74) is 1.52. The number of aryl methyl sites for hydroxylation is 1. The van der Waals surface area contributed by atoms with Gasteiger partial charge in [-0.2, -0.15) is 0 Å². The summed E-state index contributed by atoms with van der Waals surface area (Å²) >= 11 is 2.92. The van der Waals surface area contributed by atoms with E-state index in [2.05, 4.69) is 0 Å². The zero-order valence-electron chi connectivity index (χ0n) is 12.8. The summed E-state index contributed by atoms with van der Waals surface area (Å²) in [6, 6.07) is 11.4. The van der Waals surface area contributed by atoms with Gasteiger partial charge in [-0.1, -0.05) is 30.3 Å². The lowest BCUT2D eigenvalue weighted by atomic mass is 10.1. The summed E-state index contributed by atoms with van der Waals surface area (Å²) in [6.45, 7) is 1.91. The number of thiophene rings is 1. The Kier molecular flexibility index (Phi) is 4.41. The number of Topliss-reactive ketones (excluding diaryl/α,β-unsaturated/α-hetero) is 1. The van der Waals surface area contributed by atoms with E-state index in [9.17, 15) is 9.59 Å².